The zero-order valence-corrected chi connectivity index (χ0v) is 15.7. The third-order valence-corrected chi connectivity index (χ3v) is 5.95. The summed E-state index contributed by atoms with van der Waals surface area (Å²) in [5.74, 6) is 0.185. The maximum absolute atomic E-state index is 12.5. The van der Waals surface area contributed by atoms with Crippen LogP contribution in [0.5, 0.6) is 0 Å². The van der Waals surface area contributed by atoms with Crippen LogP contribution in [0, 0.1) is 5.41 Å². The SMILES string of the molecule is CN(C)CCN1CCOCC2(CCN(C(=O)c3ccsc3)CC2)C1. The number of hydrogen-bond donors (Lipinski definition) is 0. The van der Waals surface area contributed by atoms with Crippen molar-refractivity contribution in [2.45, 2.75) is 12.8 Å². The highest BCUT2D eigenvalue weighted by Gasteiger charge is 2.39. The zero-order valence-electron chi connectivity index (χ0n) is 14.9. The topological polar surface area (TPSA) is 36.0 Å². The lowest BCUT2D eigenvalue weighted by Crippen LogP contribution is -2.49. The van der Waals surface area contributed by atoms with Crippen LogP contribution in [0.25, 0.3) is 0 Å². The maximum atomic E-state index is 12.5. The van der Waals surface area contributed by atoms with Crippen molar-refractivity contribution in [3.05, 3.63) is 22.4 Å². The lowest BCUT2D eigenvalue weighted by atomic mass is 9.78. The predicted octanol–water partition coefficient (Wildman–Crippen LogP) is 1.86. The first-order valence-corrected chi connectivity index (χ1v) is 9.79. The van der Waals surface area contributed by atoms with Crippen molar-refractivity contribution < 1.29 is 9.53 Å². The van der Waals surface area contributed by atoms with Gasteiger partial charge in [-0.05, 0) is 38.4 Å². The number of hydrogen-bond acceptors (Lipinski definition) is 5. The predicted molar refractivity (Wildman–Crippen MR) is 97.7 cm³/mol. The lowest BCUT2D eigenvalue weighted by molar-refractivity contribution is 0.0147. The zero-order chi connectivity index (χ0) is 17.0. The smallest absolute Gasteiger partial charge is 0.254 e. The van der Waals surface area contributed by atoms with Crippen molar-refractivity contribution in [2.24, 2.45) is 5.41 Å². The Morgan fingerprint density at radius 1 is 1.33 bits per heavy atom. The van der Waals surface area contributed by atoms with Crippen molar-refractivity contribution in [2.75, 3.05) is 66.6 Å². The lowest BCUT2D eigenvalue weighted by Gasteiger charge is -2.42. The van der Waals surface area contributed by atoms with Gasteiger partial charge in [0, 0.05) is 50.1 Å². The number of piperidine rings is 1. The normalized spacial score (nSPS) is 22.0. The summed E-state index contributed by atoms with van der Waals surface area (Å²) in [7, 11) is 4.25. The van der Waals surface area contributed by atoms with Gasteiger partial charge in [-0.2, -0.15) is 11.3 Å². The van der Waals surface area contributed by atoms with Crippen molar-refractivity contribution in [3.8, 4) is 0 Å². The molecular formula is C18H29N3O2S. The van der Waals surface area contributed by atoms with Crippen molar-refractivity contribution in [1.29, 1.82) is 0 Å². The molecule has 1 amide bonds. The van der Waals surface area contributed by atoms with Gasteiger partial charge in [-0.1, -0.05) is 0 Å². The largest absolute Gasteiger partial charge is 0.379 e. The summed E-state index contributed by atoms with van der Waals surface area (Å²) < 4.78 is 5.94. The summed E-state index contributed by atoms with van der Waals surface area (Å²) in [4.78, 5) is 19.3. The minimum atomic E-state index is 0.185. The molecule has 1 aromatic rings. The Balaban J connectivity index is 1.57. The minimum Gasteiger partial charge on any atom is -0.379 e. The Morgan fingerprint density at radius 3 is 2.79 bits per heavy atom. The van der Waals surface area contributed by atoms with Gasteiger partial charge in [-0.25, -0.2) is 0 Å². The highest BCUT2D eigenvalue weighted by atomic mass is 32.1. The summed E-state index contributed by atoms with van der Waals surface area (Å²) >= 11 is 1.59. The maximum Gasteiger partial charge on any atom is 0.254 e. The van der Waals surface area contributed by atoms with E-state index < -0.39 is 0 Å². The number of carbonyl (C=O) groups is 1. The second kappa shape index (κ2) is 7.95. The third kappa shape index (κ3) is 4.36. The van der Waals surface area contributed by atoms with E-state index in [4.69, 9.17) is 4.74 Å². The molecule has 2 aliphatic rings. The molecule has 6 heteroatoms. The van der Waals surface area contributed by atoms with Crippen LogP contribution in [0.4, 0.5) is 0 Å². The molecule has 0 unspecified atom stereocenters. The molecule has 1 aromatic heterocycles. The van der Waals surface area contributed by atoms with Crippen LogP contribution in [0.3, 0.4) is 0 Å². The van der Waals surface area contributed by atoms with E-state index in [-0.39, 0.29) is 11.3 Å². The number of likely N-dealkylation sites (N-methyl/N-ethyl adjacent to an activating group) is 1. The number of nitrogens with zero attached hydrogens (tertiary/aromatic N) is 3. The number of likely N-dealkylation sites (tertiary alicyclic amines) is 1. The van der Waals surface area contributed by atoms with Gasteiger partial charge in [0.25, 0.3) is 5.91 Å². The van der Waals surface area contributed by atoms with Crippen LogP contribution in [0.15, 0.2) is 16.8 Å². The second-order valence-corrected chi connectivity index (χ2v) is 8.22. The summed E-state index contributed by atoms with van der Waals surface area (Å²) in [6.07, 6.45) is 2.09. The van der Waals surface area contributed by atoms with Crippen LogP contribution in [0.1, 0.15) is 23.2 Å². The molecular weight excluding hydrogens is 322 g/mol. The highest BCUT2D eigenvalue weighted by molar-refractivity contribution is 7.08. The Hall–Kier alpha value is -0.950. The highest BCUT2D eigenvalue weighted by Crippen LogP contribution is 2.34. The first-order chi connectivity index (χ1) is 11.6. The minimum absolute atomic E-state index is 0.185. The Labute approximate surface area is 149 Å². The Kier molecular flexibility index (Phi) is 5.92. The molecule has 1 spiro atoms. The molecule has 5 nitrogen and oxygen atoms in total. The molecule has 0 N–H and O–H groups in total. The van der Waals surface area contributed by atoms with E-state index in [2.05, 4.69) is 23.9 Å². The van der Waals surface area contributed by atoms with E-state index in [1.165, 1.54) is 0 Å². The second-order valence-electron chi connectivity index (χ2n) is 7.44. The van der Waals surface area contributed by atoms with Crippen molar-refractivity contribution >= 4 is 17.2 Å². The number of ether oxygens (including phenoxy) is 1. The first-order valence-electron chi connectivity index (χ1n) is 8.84. The number of amides is 1. The van der Waals surface area contributed by atoms with Gasteiger partial charge >= 0.3 is 0 Å². The first kappa shape index (κ1) is 17.9. The van der Waals surface area contributed by atoms with Crippen LogP contribution in [-0.2, 0) is 4.74 Å². The molecule has 0 atom stereocenters. The molecule has 0 bridgehead atoms. The fourth-order valence-corrected chi connectivity index (χ4v) is 4.30. The van der Waals surface area contributed by atoms with E-state index in [0.29, 0.717) is 0 Å². The Bertz CT molecular complexity index is 524. The average Bonchev–Trinajstić information content (AvgIpc) is 3.04. The van der Waals surface area contributed by atoms with Crippen molar-refractivity contribution in [3.63, 3.8) is 0 Å². The molecule has 0 aromatic carbocycles. The third-order valence-electron chi connectivity index (χ3n) is 5.26. The van der Waals surface area contributed by atoms with Crippen LogP contribution < -0.4 is 0 Å². The molecule has 0 aliphatic carbocycles. The van der Waals surface area contributed by atoms with E-state index in [9.17, 15) is 4.79 Å². The monoisotopic (exact) mass is 351 g/mol. The number of rotatable bonds is 4. The molecule has 24 heavy (non-hydrogen) atoms. The quantitative estimate of drug-likeness (QED) is 0.830. The van der Waals surface area contributed by atoms with Gasteiger partial charge in [-0.15, -0.1) is 0 Å². The molecule has 2 fully saturated rings. The summed E-state index contributed by atoms with van der Waals surface area (Å²) in [6, 6.07) is 1.93. The number of thiophene rings is 1. The van der Waals surface area contributed by atoms with E-state index >= 15 is 0 Å². The molecule has 3 rings (SSSR count). The molecule has 0 saturated carbocycles. The summed E-state index contributed by atoms with van der Waals surface area (Å²) in [5, 5.41) is 3.92. The van der Waals surface area contributed by atoms with Crippen LogP contribution >= 0.6 is 11.3 Å². The van der Waals surface area contributed by atoms with Gasteiger partial charge in [-0.3, -0.25) is 9.69 Å². The van der Waals surface area contributed by atoms with Crippen LogP contribution in [-0.4, -0.2) is 87.2 Å². The fourth-order valence-electron chi connectivity index (χ4n) is 3.67. The van der Waals surface area contributed by atoms with E-state index in [1.54, 1.807) is 11.3 Å². The molecule has 2 saturated heterocycles. The fraction of sp³-hybridized carbons (Fsp3) is 0.722. The van der Waals surface area contributed by atoms with Crippen molar-refractivity contribution in [1.82, 2.24) is 14.7 Å². The molecule has 3 heterocycles. The Morgan fingerprint density at radius 2 is 2.12 bits per heavy atom. The molecule has 134 valence electrons. The summed E-state index contributed by atoms with van der Waals surface area (Å²) in [6.45, 7) is 7.65. The van der Waals surface area contributed by atoms with Gasteiger partial charge in [0.2, 0.25) is 0 Å². The van der Waals surface area contributed by atoms with Gasteiger partial charge in [0.05, 0.1) is 18.8 Å². The number of carbonyl (C=O) groups excluding carboxylic acids is 1. The molecule has 0 radical (unpaired) electrons. The van der Waals surface area contributed by atoms with Gasteiger partial charge in [0.1, 0.15) is 0 Å². The van der Waals surface area contributed by atoms with E-state index in [0.717, 1.165) is 70.9 Å². The standard InChI is InChI=1S/C18H29N3O2S/c1-19(2)8-9-20-10-11-23-15-18(14-20)4-6-21(7-5-18)17(22)16-3-12-24-13-16/h3,12-13H,4-11,14-15H2,1-2H3. The average molecular weight is 352 g/mol. The van der Waals surface area contributed by atoms with E-state index in [1.807, 2.05) is 21.7 Å². The van der Waals surface area contributed by atoms with Gasteiger partial charge in [0.15, 0.2) is 0 Å². The summed E-state index contributed by atoms with van der Waals surface area (Å²) in [5.41, 5.74) is 1.05. The van der Waals surface area contributed by atoms with Gasteiger partial charge < -0.3 is 14.5 Å². The molecule has 2 aliphatic heterocycles. The van der Waals surface area contributed by atoms with Crippen LogP contribution in [0.2, 0.25) is 0 Å².